The van der Waals surface area contributed by atoms with Crippen molar-refractivity contribution in [3.05, 3.63) is 17.8 Å². The van der Waals surface area contributed by atoms with Gasteiger partial charge in [0, 0.05) is 12.6 Å². The third-order valence-electron chi connectivity index (χ3n) is 3.24. The van der Waals surface area contributed by atoms with Crippen molar-refractivity contribution in [3.8, 4) is 0 Å². The molecule has 2 heterocycles. The van der Waals surface area contributed by atoms with Crippen molar-refractivity contribution < 1.29 is 0 Å². The fourth-order valence-electron chi connectivity index (χ4n) is 2.32. The van der Waals surface area contributed by atoms with E-state index in [0.717, 1.165) is 37.4 Å². The molecular weight excluding hydrogens is 200 g/mol. The second kappa shape index (κ2) is 5.25. The number of hydrogen-bond acceptors (Lipinski definition) is 4. The van der Waals surface area contributed by atoms with E-state index in [2.05, 4.69) is 34.2 Å². The molecule has 4 heteroatoms. The summed E-state index contributed by atoms with van der Waals surface area (Å²) in [6, 6.07) is 4.72. The zero-order chi connectivity index (χ0) is 11.4. The van der Waals surface area contributed by atoms with Crippen LogP contribution in [0.5, 0.6) is 0 Å². The highest BCUT2D eigenvalue weighted by atomic mass is 15.3. The number of rotatable bonds is 4. The van der Waals surface area contributed by atoms with Gasteiger partial charge in [0.25, 0.3) is 0 Å². The van der Waals surface area contributed by atoms with E-state index in [4.69, 9.17) is 5.73 Å². The molecule has 0 bridgehead atoms. The highest BCUT2D eigenvalue weighted by Gasteiger charge is 2.24. The zero-order valence-electron chi connectivity index (χ0n) is 9.89. The van der Waals surface area contributed by atoms with Gasteiger partial charge < -0.3 is 10.6 Å². The first-order valence-electron chi connectivity index (χ1n) is 6.14. The zero-order valence-corrected chi connectivity index (χ0v) is 9.89. The molecule has 0 saturated carbocycles. The summed E-state index contributed by atoms with van der Waals surface area (Å²) in [5.41, 5.74) is 6.69. The Morgan fingerprint density at radius 2 is 2.31 bits per heavy atom. The van der Waals surface area contributed by atoms with E-state index in [1.807, 2.05) is 0 Å². The molecule has 2 rings (SSSR count). The van der Waals surface area contributed by atoms with Crippen LogP contribution in [0.3, 0.4) is 0 Å². The Bertz CT molecular complexity index is 322. The molecule has 88 valence electrons. The van der Waals surface area contributed by atoms with Crippen molar-refractivity contribution >= 4 is 5.82 Å². The molecule has 4 nitrogen and oxygen atoms in total. The van der Waals surface area contributed by atoms with Gasteiger partial charge in [-0.2, -0.15) is 5.10 Å². The minimum Gasteiger partial charge on any atom is -0.352 e. The summed E-state index contributed by atoms with van der Waals surface area (Å²) >= 11 is 0. The van der Waals surface area contributed by atoms with Crippen molar-refractivity contribution in [3.63, 3.8) is 0 Å². The van der Waals surface area contributed by atoms with Gasteiger partial charge in [0.1, 0.15) is 0 Å². The average Bonchev–Trinajstić information content (AvgIpc) is 2.78. The van der Waals surface area contributed by atoms with E-state index in [1.54, 1.807) is 0 Å². The largest absolute Gasteiger partial charge is 0.352 e. The maximum absolute atomic E-state index is 5.63. The summed E-state index contributed by atoms with van der Waals surface area (Å²) in [5, 5.41) is 8.51. The quantitative estimate of drug-likeness (QED) is 0.832. The molecule has 1 unspecified atom stereocenters. The molecule has 1 aliphatic heterocycles. The molecule has 1 fully saturated rings. The van der Waals surface area contributed by atoms with Gasteiger partial charge in [-0.15, -0.1) is 5.10 Å². The molecule has 1 atom stereocenters. The van der Waals surface area contributed by atoms with Crippen LogP contribution in [-0.2, 0) is 6.42 Å². The van der Waals surface area contributed by atoms with Crippen LogP contribution in [0.25, 0.3) is 0 Å². The third-order valence-corrected chi connectivity index (χ3v) is 3.24. The van der Waals surface area contributed by atoms with Crippen molar-refractivity contribution in [1.29, 1.82) is 0 Å². The fraction of sp³-hybridized carbons (Fsp3) is 0.667. The lowest BCUT2D eigenvalue weighted by molar-refractivity contribution is 0.611. The lowest BCUT2D eigenvalue weighted by Crippen LogP contribution is -2.31. The molecule has 1 aromatic heterocycles. The molecule has 0 spiro atoms. The van der Waals surface area contributed by atoms with Gasteiger partial charge in [-0.05, 0) is 44.4 Å². The highest BCUT2D eigenvalue weighted by Crippen LogP contribution is 2.24. The van der Waals surface area contributed by atoms with Gasteiger partial charge in [0.2, 0.25) is 0 Å². The van der Waals surface area contributed by atoms with E-state index < -0.39 is 0 Å². The first-order valence-corrected chi connectivity index (χ1v) is 6.14. The van der Waals surface area contributed by atoms with Gasteiger partial charge in [-0.25, -0.2) is 0 Å². The lowest BCUT2D eigenvalue weighted by atomic mass is 10.1. The summed E-state index contributed by atoms with van der Waals surface area (Å²) in [6.07, 6.45) is 4.47. The minimum absolute atomic E-state index is 0.562. The second-order valence-electron chi connectivity index (χ2n) is 4.30. The second-order valence-corrected chi connectivity index (χ2v) is 4.30. The molecule has 0 amide bonds. The average molecular weight is 220 g/mol. The smallest absolute Gasteiger partial charge is 0.151 e. The Morgan fingerprint density at radius 1 is 1.44 bits per heavy atom. The van der Waals surface area contributed by atoms with Crippen molar-refractivity contribution in [1.82, 2.24) is 10.2 Å². The van der Waals surface area contributed by atoms with Crippen molar-refractivity contribution in [2.45, 2.75) is 38.6 Å². The summed E-state index contributed by atoms with van der Waals surface area (Å²) < 4.78 is 0. The third kappa shape index (κ3) is 2.32. The van der Waals surface area contributed by atoms with E-state index in [-0.39, 0.29) is 0 Å². The molecule has 1 aliphatic rings. The number of hydrogen-bond donors (Lipinski definition) is 1. The predicted octanol–water partition coefficient (Wildman–Crippen LogP) is 1.36. The van der Waals surface area contributed by atoms with Crippen LogP contribution in [-0.4, -0.2) is 29.3 Å². The Kier molecular flexibility index (Phi) is 3.72. The van der Waals surface area contributed by atoms with Crippen LogP contribution in [0.4, 0.5) is 5.82 Å². The van der Waals surface area contributed by atoms with Gasteiger partial charge >= 0.3 is 0 Å². The van der Waals surface area contributed by atoms with E-state index in [1.165, 1.54) is 12.8 Å². The van der Waals surface area contributed by atoms with Gasteiger partial charge in [-0.3, -0.25) is 0 Å². The van der Waals surface area contributed by atoms with Crippen LogP contribution in [0.15, 0.2) is 12.1 Å². The van der Waals surface area contributed by atoms with E-state index >= 15 is 0 Å². The number of anilines is 1. The van der Waals surface area contributed by atoms with Crippen LogP contribution < -0.4 is 10.6 Å². The lowest BCUT2D eigenvalue weighted by Gasteiger charge is -2.24. The van der Waals surface area contributed by atoms with Crippen molar-refractivity contribution in [2.24, 2.45) is 5.73 Å². The van der Waals surface area contributed by atoms with Crippen LogP contribution in [0.2, 0.25) is 0 Å². The van der Waals surface area contributed by atoms with Crippen LogP contribution in [0, 0.1) is 0 Å². The van der Waals surface area contributed by atoms with Gasteiger partial charge in [0.15, 0.2) is 5.82 Å². The number of aryl methyl sites for hydroxylation is 1. The van der Waals surface area contributed by atoms with Gasteiger partial charge in [0.05, 0.1) is 5.69 Å². The maximum atomic E-state index is 5.63. The Hall–Kier alpha value is -1.16. The Labute approximate surface area is 96.9 Å². The Balaban J connectivity index is 2.09. The maximum Gasteiger partial charge on any atom is 0.151 e. The van der Waals surface area contributed by atoms with Crippen LogP contribution >= 0.6 is 0 Å². The molecule has 1 saturated heterocycles. The summed E-state index contributed by atoms with van der Waals surface area (Å²) in [4.78, 5) is 2.35. The normalized spacial score (nSPS) is 20.4. The minimum atomic E-state index is 0.562. The first kappa shape index (κ1) is 11.3. The summed E-state index contributed by atoms with van der Waals surface area (Å²) in [7, 11) is 0. The van der Waals surface area contributed by atoms with Gasteiger partial charge in [-0.1, -0.05) is 6.92 Å². The highest BCUT2D eigenvalue weighted by molar-refractivity contribution is 5.40. The molecular formula is C12H20N4. The first-order chi connectivity index (χ1) is 7.85. The Morgan fingerprint density at radius 3 is 2.94 bits per heavy atom. The molecule has 2 N–H and O–H groups in total. The fourth-order valence-corrected chi connectivity index (χ4v) is 2.32. The summed E-state index contributed by atoms with van der Waals surface area (Å²) in [6.45, 7) is 3.93. The van der Waals surface area contributed by atoms with Crippen LogP contribution in [0.1, 0.15) is 31.9 Å². The molecule has 16 heavy (non-hydrogen) atoms. The number of nitrogens with zero attached hydrogens (tertiary/aromatic N) is 3. The monoisotopic (exact) mass is 220 g/mol. The molecule has 1 aromatic rings. The van der Waals surface area contributed by atoms with E-state index in [0.29, 0.717) is 6.04 Å². The summed E-state index contributed by atoms with van der Waals surface area (Å²) in [5.74, 6) is 1.01. The number of nitrogens with two attached hydrogens (primary N) is 1. The topological polar surface area (TPSA) is 55.0 Å². The molecule has 0 aliphatic carbocycles. The molecule has 0 aromatic carbocycles. The van der Waals surface area contributed by atoms with Crippen molar-refractivity contribution in [2.75, 3.05) is 18.0 Å². The standard InChI is InChI=1S/C12H20N4/c1-2-10-5-6-12(15-14-10)16-9-3-4-11(16)7-8-13/h5-6,11H,2-4,7-9,13H2,1H3. The predicted molar refractivity (Wildman–Crippen MR) is 65.4 cm³/mol. The molecule has 0 radical (unpaired) electrons. The number of aromatic nitrogens is 2. The van der Waals surface area contributed by atoms with E-state index in [9.17, 15) is 0 Å². The SMILES string of the molecule is CCc1ccc(N2CCCC2CCN)nn1.